The van der Waals surface area contributed by atoms with E-state index in [1.54, 1.807) is 6.20 Å². The molecule has 0 radical (unpaired) electrons. The second-order valence-electron chi connectivity index (χ2n) is 4.79. The van der Waals surface area contributed by atoms with Crippen molar-refractivity contribution in [2.24, 2.45) is 0 Å². The van der Waals surface area contributed by atoms with Crippen molar-refractivity contribution in [1.82, 2.24) is 19.7 Å². The van der Waals surface area contributed by atoms with Crippen LogP contribution in [-0.2, 0) is 12.8 Å². The number of nitrogens with two attached hydrogens (primary N) is 1. The van der Waals surface area contributed by atoms with Crippen LogP contribution < -0.4 is 5.73 Å². The van der Waals surface area contributed by atoms with Gasteiger partial charge in [0.2, 0.25) is 0 Å². The van der Waals surface area contributed by atoms with Crippen LogP contribution in [0.5, 0.6) is 0 Å². The molecule has 2 N–H and O–H groups in total. The zero-order chi connectivity index (χ0) is 15.0. The first kappa shape index (κ1) is 14.0. The number of fused-ring (bicyclic) bond motifs is 1. The van der Waals surface area contributed by atoms with Crippen LogP contribution in [0, 0.1) is 0 Å². The van der Waals surface area contributed by atoms with Crippen LogP contribution in [-0.4, -0.2) is 19.7 Å². The van der Waals surface area contributed by atoms with Crippen molar-refractivity contribution in [2.75, 3.05) is 5.73 Å². The minimum atomic E-state index is 0.600. The number of nitrogen functional groups attached to an aromatic ring is 1. The van der Waals surface area contributed by atoms with E-state index in [1.807, 2.05) is 29.8 Å². The van der Waals surface area contributed by atoms with Gasteiger partial charge in [-0.3, -0.25) is 4.98 Å². The van der Waals surface area contributed by atoms with Crippen molar-refractivity contribution >= 4 is 32.5 Å². The fourth-order valence-corrected chi connectivity index (χ4v) is 2.71. The van der Waals surface area contributed by atoms with E-state index in [9.17, 15) is 0 Å². The second kappa shape index (κ2) is 5.44. The van der Waals surface area contributed by atoms with Crippen molar-refractivity contribution in [1.29, 1.82) is 0 Å². The lowest BCUT2D eigenvalue weighted by atomic mass is 10.1. The molecule has 0 amide bonds. The zero-order valence-electron chi connectivity index (χ0n) is 12.0. The lowest BCUT2D eigenvalue weighted by Gasteiger charge is -2.11. The van der Waals surface area contributed by atoms with Crippen LogP contribution in [0.25, 0.3) is 16.6 Å². The number of hydrogen-bond acceptors (Lipinski definition) is 4. The molecule has 3 aromatic rings. The van der Waals surface area contributed by atoms with E-state index in [0.29, 0.717) is 5.69 Å². The summed E-state index contributed by atoms with van der Waals surface area (Å²) in [5.74, 6) is 1.73. The molecule has 1 aromatic carbocycles. The van der Waals surface area contributed by atoms with E-state index in [1.165, 1.54) is 0 Å². The van der Waals surface area contributed by atoms with Gasteiger partial charge in [-0.1, -0.05) is 29.8 Å². The molecule has 2 heterocycles. The molecule has 0 unspecified atom stereocenters. The summed E-state index contributed by atoms with van der Waals surface area (Å²) in [6.45, 7) is 4.11. The molecule has 0 aliphatic rings. The summed E-state index contributed by atoms with van der Waals surface area (Å²) in [6, 6.07) is 5.95. The maximum absolute atomic E-state index is 6.18. The van der Waals surface area contributed by atoms with Crippen LogP contribution in [0.1, 0.15) is 25.5 Å². The van der Waals surface area contributed by atoms with Crippen LogP contribution in [0.15, 0.2) is 28.9 Å². The topological polar surface area (TPSA) is 69.6 Å². The smallest absolute Gasteiger partial charge is 0.151 e. The number of anilines is 1. The number of nitrogens with zero attached hydrogens (tertiary/aromatic N) is 4. The summed E-state index contributed by atoms with van der Waals surface area (Å²) in [6.07, 6.45) is 3.27. The molecule has 2 aromatic heterocycles. The van der Waals surface area contributed by atoms with E-state index in [-0.39, 0.29) is 0 Å². The van der Waals surface area contributed by atoms with Gasteiger partial charge in [-0.05, 0) is 18.2 Å². The summed E-state index contributed by atoms with van der Waals surface area (Å²) < 4.78 is 2.84. The van der Waals surface area contributed by atoms with E-state index in [4.69, 9.17) is 5.73 Å². The van der Waals surface area contributed by atoms with Gasteiger partial charge in [-0.25, -0.2) is 9.67 Å². The first-order valence-electron chi connectivity index (χ1n) is 6.93. The monoisotopic (exact) mass is 345 g/mol. The Labute approximate surface area is 131 Å². The first-order valence-corrected chi connectivity index (χ1v) is 7.72. The Morgan fingerprint density at radius 2 is 2.05 bits per heavy atom. The molecule has 21 heavy (non-hydrogen) atoms. The quantitative estimate of drug-likeness (QED) is 0.790. The molecule has 6 heteroatoms. The number of pyridine rings is 1. The Hall–Kier alpha value is -1.95. The van der Waals surface area contributed by atoms with Gasteiger partial charge in [-0.15, -0.1) is 0 Å². The molecular weight excluding hydrogens is 330 g/mol. The highest BCUT2D eigenvalue weighted by Gasteiger charge is 2.15. The van der Waals surface area contributed by atoms with Crippen molar-refractivity contribution in [3.05, 3.63) is 40.5 Å². The number of aryl methyl sites for hydroxylation is 2. The minimum absolute atomic E-state index is 0.600. The average molecular weight is 346 g/mol. The Morgan fingerprint density at radius 3 is 2.76 bits per heavy atom. The second-order valence-corrected chi connectivity index (χ2v) is 5.70. The molecule has 0 atom stereocenters. The summed E-state index contributed by atoms with van der Waals surface area (Å²) in [5, 5.41) is 5.56. The molecule has 3 rings (SSSR count). The predicted octanol–water partition coefficient (Wildman–Crippen LogP) is 3.29. The third kappa shape index (κ3) is 2.40. The summed E-state index contributed by atoms with van der Waals surface area (Å²) in [5.41, 5.74) is 8.52. The van der Waals surface area contributed by atoms with Gasteiger partial charge in [-0.2, -0.15) is 5.10 Å². The molecule has 0 spiro atoms. The molecule has 108 valence electrons. The highest BCUT2D eigenvalue weighted by atomic mass is 79.9. The van der Waals surface area contributed by atoms with E-state index >= 15 is 0 Å². The van der Waals surface area contributed by atoms with Crippen LogP contribution in [0.4, 0.5) is 5.69 Å². The highest BCUT2D eigenvalue weighted by molar-refractivity contribution is 9.10. The van der Waals surface area contributed by atoms with Crippen LogP contribution >= 0.6 is 15.9 Å². The minimum Gasteiger partial charge on any atom is -0.396 e. The van der Waals surface area contributed by atoms with Crippen LogP contribution in [0.2, 0.25) is 0 Å². The van der Waals surface area contributed by atoms with Gasteiger partial charge < -0.3 is 5.73 Å². The third-order valence-electron chi connectivity index (χ3n) is 3.39. The van der Waals surface area contributed by atoms with E-state index < -0.39 is 0 Å². The van der Waals surface area contributed by atoms with Gasteiger partial charge in [0.1, 0.15) is 11.5 Å². The van der Waals surface area contributed by atoms with Gasteiger partial charge >= 0.3 is 0 Å². The van der Waals surface area contributed by atoms with Gasteiger partial charge in [0.15, 0.2) is 5.82 Å². The summed E-state index contributed by atoms with van der Waals surface area (Å²) >= 11 is 3.50. The number of hydrogen-bond donors (Lipinski definition) is 1. The summed E-state index contributed by atoms with van der Waals surface area (Å²) in [4.78, 5) is 8.94. The largest absolute Gasteiger partial charge is 0.396 e. The Bertz CT molecular complexity index is 804. The third-order valence-corrected chi connectivity index (χ3v) is 3.89. The SMILES string of the molecule is CCc1nc(CC)n(-c2c(N)cnc3ccc(Br)cc23)n1. The Kier molecular flexibility index (Phi) is 3.63. The van der Waals surface area contributed by atoms with Gasteiger partial charge in [0, 0.05) is 22.7 Å². The standard InChI is InChI=1S/C15H16BrN5/c1-3-13-19-14(4-2)21(20-13)15-10-7-9(16)5-6-12(10)18-8-11(15)17/h5-8H,3-4,17H2,1-2H3. The lowest BCUT2D eigenvalue weighted by Crippen LogP contribution is -2.07. The molecule has 0 aliphatic heterocycles. The van der Waals surface area contributed by atoms with Crippen molar-refractivity contribution < 1.29 is 0 Å². The van der Waals surface area contributed by atoms with Crippen molar-refractivity contribution in [3.8, 4) is 5.69 Å². The maximum Gasteiger partial charge on any atom is 0.151 e. The van der Waals surface area contributed by atoms with Crippen molar-refractivity contribution in [3.63, 3.8) is 0 Å². The normalized spacial score (nSPS) is 11.2. The van der Waals surface area contributed by atoms with Crippen molar-refractivity contribution in [2.45, 2.75) is 26.7 Å². The fourth-order valence-electron chi connectivity index (χ4n) is 2.35. The van der Waals surface area contributed by atoms with Gasteiger partial charge in [0.05, 0.1) is 17.4 Å². The molecule has 0 saturated heterocycles. The molecule has 5 nitrogen and oxygen atoms in total. The molecular formula is C15H16BrN5. The zero-order valence-corrected chi connectivity index (χ0v) is 13.6. The average Bonchev–Trinajstić information content (AvgIpc) is 2.90. The molecule has 0 fully saturated rings. The number of halogens is 1. The highest BCUT2D eigenvalue weighted by Crippen LogP contribution is 2.29. The molecule has 0 bridgehead atoms. The fraction of sp³-hybridized carbons (Fsp3) is 0.267. The van der Waals surface area contributed by atoms with Crippen LogP contribution in [0.3, 0.4) is 0 Å². The Balaban J connectivity index is 2.35. The first-order chi connectivity index (χ1) is 10.1. The van der Waals surface area contributed by atoms with E-state index in [2.05, 4.69) is 37.9 Å². The predicted molar refractivity (Wildman–Crippen MR) is 87.5 cm³/mol. The molecule has 0 aliphatic carbocycles. The molecule has 0 saturated carbocycles. The Morgan fingerprint density at radius 1 is 1.24 bits per heavy atom. The van der Waals surface area contributed by atoms with Gasteiger partial charge in [0.25, 0.3) is 0 Å². The number of rotatable bonds is 3. The van der Waals surface area contributed by atoms with E-state index in [0.717, 1.165) is 45.6 Å². The maximum atomic E-state index is 6.18. The lowest BCUT2D eigenvalue weighted by molar-refractivity contribution is 0.797. The number of aromatic nitrogens is 4. The summed E-state index contributed by atoms with van der Waals surface area (Å²) in [7, 11) is 0. The number of benzene rings is 1.